The van der Waals surface area contributed by atoms with Gasteiger partial charge in [-0.2, -0.15) is 5.10 Å². The van der Waals surface area contributed by atoms with Crippen LogP contribution < -0.4 is 11.1 Å². The number of ether oxygens (including phenoxy) is 1. The fraction of sp³-hybridized carbons (Fsp3) is 0.786. The molecular weight excluding hydrogens is 240 g/mol. The highest BCUT2D eigenvalue weighted by molar-refractivity contribution is 5.64. The Balaban J connectivity index is 1.80. The molecule has 1 aliphatic rings. The maximum Gasteiger partial charge on any atom is 0.148 e. The monoisotopic (exact) mass is 266 g/mol. The zero-order valence-corrected chi connectivity index (χ0v) is 12.1. The Morgan fingerprint density at radius 1 is 1.42 bits per heavy atom. The molecule has 108 valence electrons. The molecule has 0 radical (unpaired) electrons. The molecule has 0 amide bonds. The lowest BCUT2D eigenvalue weighted by atomic mass is 10.3. The topological polar surface area (TPSA) is 65.1 Å². The molecule has 1 heterocycles. The number of anilines is 2. The Kier molecular flexibility index (Phi) is 5.07. The molecular formula is C14H26N4O. The van der Waals surface area contributed by atoms with Gasteiger partial charge in [-0.1, -0.05) is 19.8 Å². The summed E-state index contributed by atoms with van der Waals surface area (Å²) in [5, 5.41) is 7.81. The summed E-state index contributed by atoms with van der Waals surface area (Å²) < 4.78 is 7.80. The summed E-state index contributed by atoms with van der Waals surface area (Å²) in [7, 11) is 0. The Bertz CT molecular complexity index is 396. The number of aromatic nitrogens is 2. The van der Waals surface area contributed by atoms with E-state index in [1.54, 1.807) is 0 Å². The number of rotatable bonds is 7. The summed E-state index contributed by atoms with van der Waals surface area (Å²) in [4.78, 5) is 0. The number of nitrogens with zero attached hydrogens (tertiary/aromatic N) is 2. The number of nitrogens with one attached hydrogen (secondary N) is 1. The first-order valence-electron chi connectivity index (χ1n) is 7.40. The molecule has 0 aliphatic heterocycles. The van der Waals surface area contributed by atoms with Gasteiger partial charge in [0.15, 0.2) is 0 Å². The third-order valence-electron chi connectivity index (χ3n) is 3.66. The Morgan fingerprint density at radius 2 is 2.16 bits per heavy atom. The molecule has 0 unspecified atom stereocenters. The summed E-state index contributed by atoms with van der Waals surface area (Å²) in [6.07, 6.45) is 6.58. The molecule has 5 nitrogen and oxygen atoms in total. The predicted octanol–water partition coefficient (Wildman–Crippen LogP) is 2.55. The van der Waals surface area contributed by atoms with Gasteiger partial charge in [-0.05, 0) is 26.2 Å². The smallest absolute Gasteiger partial charge is 0.148 e. The largest absolute Gasteiger partial charge is 0.394 e. The second kappa shape index (κ2) is 6.80. The van der Waals surface area contributed by atoms with Crippen LogP contribution in [0.5, 0.6) is 0 Å². The average Bonchev–Trinajstić information content (AvgIpc) is 2.98. The van der Waals surface area contributed by atoms with Gasteiger partial charge >= 0.3 is 0 Å². The lowest BCUT2D eigenvalue weighted by molar-refractivity contribution is 0.0658. The molecule has 3 N–H and O–H groups in total. The molecule has 0 saturated heterocycles. The van der Waals surface area contributed by atoms with E-state index >= 15 is 0 Å². The second-order valence-corrected chi connectivity index (χ2v) is 5.27. The van der Waals surface area contributed by atoms with Crippen molar-refractivity contribution >= 4 is 11.5 Å². The zero-order valence-electron chi connectivity index (χ0n) is 12.1. The summed E-state index contributed by atoms with van der Waals surface area (Å²) in [5.41, 5.74) is 7.71. The molecule has 1 saturated carbocycles. The quantitative estimate of drug-likeness (QED) is 0.744. The van der Waals surface area contributed by atoms with Crippen LogP contribution in [0, 0.1) is 6.92 Å². The normalized spacial score (nSPS) is 16.1. The Morgan fingerprint density at radius 3 is 2.84 bits per heavy atom. The Labute approximate surface area is 115 Å². The lowest BCUT2D eigenvalue weighted by Gasteiger charge is -2.13. The number of nitrogen functional groups attached to an aromatic ring is 1. The van der Waals surface area contributed by atoms with Gasteiger partial charge in [0.1, 0.15) is 5.82 Å². The molecule has 19 heavy (non-hydrogen) atoms. The van der Waals surface area contributed by atoms with Crippen molar-refractivity contribution in [2.75, 3.05) is 24.2 Å². The highest BCUT2D eigenvalue weighted by Gasteiger charge is 2.15. The van der Waals surface area contributed by atoms with E-state index in [4.69, 9.17) is 10.5 Å². The molecule has 0 spiro atoms. The van der Waals surface area contributed by atoms with E-state index in [0.717, 1.165) is 43.3 Å². The first-order chi connectivity index (χ1) is 9.22. The van der Waals surface area contributed by atoms with Crippen molar-refractivity contribution in [3.63, 3.8) is 0 Å². The minimum Gasteiger partial charge on any atom is -0.394 e. The molecule has 0 aromatic carbocycles. The van der Waals surface area contributed by atoms with E-state index in [0.29, 0.717) is 6.10 Å². The number of hydrogen-bond acceptors (Lipinski definition) is 4. The zero-order chi connectivity index (χ0) is 13.7. The second-order valence-electron chi connectivity index (χ2n) is 5.27. The summed E-state index contributed by atoms with van der Waals surface area (Å²) >= 11 is 0. The molecule has 0 atom stereocenters. The maximum absolute atomic E-state index is 6.05. The standard InChI is InChI=1S/C14H26N4O/c1-3-9-18-14(13(15)11(2)17-18)16-8-10-19-12-6-4-5-7-12/h12,16H,3-10,15H2,1-2H3. The van der Waals surface area contributed by atoms with Gasteiger partial charge in [-0.25, -0.2) is 4.68 Å². The number of nitrogens with two attached hydrogens (primary N) is 1. The molecule has 1 aliphatic carbocycles. The van der Waals surface area contributed by atoms with Crippen LogP contribution in [0.15, 0.2) is 0 Å². The van der Waals surface area contributed by atoms with Crippen molar-refractivity contribution < 1.29 is 4.74 Å². The molecule has 2 rings (SSSR count). The van der Waals surface area contributed by atoms with Crippen LogP contribution in [0.2, 0.25) is 0 Å². The summed E-state index contributed by atoms with van der Waals surface area (Å²) in [5.74, 6) is 0.939. The summed E-state index contributed by atoms with van der Waals surface area (Å²) in [6.45, 7) is 6.50. The van der Waals surface area contributed by atoms with E-state index in [1.807, 2.05) is 11.6 Å². The molecule has 5 heteroatoms. The van der Waals surface area contributed by atoms with Crippen LogP contribution in [0.1, 0.15) is 44.7 Å². The molecule has 1 fully saturated rings. The van der Waals surface area contributed by atoms with Crippen molar-refractivity contribution in [2.45, 2.75) is 58.6 Å². The van der Waals surface area contributed by atoms with Crippen LogP contribution in [-0.4, -0.2) is 29.0 Å². The van der Waals surface area contributed by atoms with Crippen LogP contribution in [-0.2, 0) is 11.3 Å². The number of aryl methyl sites for hydroxylation is 2. The van der Waals surface area contributed by atoms with Crippen LogP contribution in [0.25, 0.3) is 0 Å². The van der Waals surface area contributed by atoms with Gasteiger partial charge in [0.25, 0.3) is 0 Å². The van der Waals surface area contributed by atoms with Gasteiger partial charge in [0.05, 0.1) is 24.1 Å². The third kappa shape index (κ3) is 3.62. The van der Waals surface area contributed by atoms with E-state index < -0.39 is 0 Å². The SMILES string of the molecule is CCCn1nc(C)c(N)c1NCCOC1CCCC1. The van der Waals surface area contributed by atoms with Gasteiger partial charge in [-0.15, -0.1) is 0 Å². The maximum atomic E-state index is 6.05. The van der Waals surface area contributed by atoms with Gasteiger partial charge in [0, 0.05) is 13.1 Å². The van der Waals surface area contributed by atoms with Crippen molar-refractivity contribution in [1.82, 2.24) is 9.78 Å². The van der Waals surface area contributed by atoms with Crippen molar-refractivity contribution in [1.29, 1.82) is 0 Å². The minimum absolute atomic E-state index is 0.474. The van der Waals surface area contributed by atoms with Gasteiger partial charge in [0.2, 0.25) is 0 Å². The first kappa shape index (κ1) is 14.2. The fourth-order valence-corrected chi connectivity index (χ4v) is 2.61. The number of hydrogen-bond donors (Lipinski definition) is 2. The molecule has 1 aromatic heterocycles. The van der Waals surface area contributed by atoms with Crippen molar-refractivity contribution in [3.05, 3.63) is 5.69 Å². The minimum atomic E-state index is 0.474. The molecule has 1 aromatic rings. The predicted molar refractivity (Wildman–Crippen MR) is 78.4 cm³/mol. The van der Waals surface area contributed by atoms with Crippen LogP contribution in [0.3, 0.4) is 0 Å². The van der Waals surface area contributed by atoms with Gasteiger partial charge in [-0.3, -0.25) is 0 Å². The first-order valence-corrected chi connectivity index (χ1v) is 7.40. The fourth-order valence-electron chi connectivity index (χ4n) is 2.61. The summed E-state index contributed by atoms with van der Waals surface area (Å²) in [6, 6.07) is 0. The van der Waals surface area contributed by atoms with E-state index in [-0.39, 0.29) is 0 Å². The third-order valence-corrected chi connectivity index (χ3v) is 3.66. The highest BCUT2D eigenvalue weighted by atomic mass is 16.5. The van der Waals surface area contributed by atoms with E-state index in [1.165, 1.54) is 25.7 Å². The Hall–Kier alpha value is -1.23. The van der Waals surface area contributed by atoms with Crippen LogP contribution in [0.4, 0.5) is 11.5 Å². The van der Waals surface area contributed by atoms with Crippen LogP contribution >= 0.6 is 0 Å². The van der Waals surface area contributed by atoms with E-state index in [9.17, 15) is 0 Å². The van der Waals surface area contributed by atoms with Crippen molar-refractivity contribution in [3.8, 4) is 0 Å². The molecule has 0 bridgehead atoms. The lowest BCUT2D eigenvalue weighted by Crippen LogP contribution is -2.17. The van der Waals surface area contributed by atoms with Gasteiger partial charge < -0.3 is 15.8 Å². The van der Waals surface area contributed by atoms with Crippen molar-refractivity contribution in [2.24, 2.45) is 0 Å². The highest BCUT2D eigenvalue weighted by Crippen LogP contribution is 2.23. The van der Waals surface area contributed by atoms with E-state index in [2.05, 4.69) is 17.3 Å². The average molecular weight is 266 g/mol.